The minimum atomic E-state index is -0.265. The van der Waals surface area contributed by atoms with Gasteiger partial charge in [-0.2, -0.15) is 5.10 Å². The van der Waals surface area contributed by atoms with Crippen molar-refractivity contribution >= 4 is 28.9 Å². The van der Waals surface area contributed by atoms with Crippen LogP contribution in [0.3, 0.4) is 0 Å². The zero-order valence-corrected chi connectivity index (χ0v) is 15.8. The van der Waals surface area contributed by atoms with E-state index in [4.69, 9.17) is 4.74 Å². The maximum atomic E-state index is 13.1. The SMILES string of the molecule is CCOC(=O)C1CCCN(C(=O)c2cnn3c(-c4cccs4)ccnc23)C1. The fourth-order valence-electron chi connectivity index (χ4n) is 3.44. The second-order valence-electron chi connectivity index (χ2n) is 6.44. The zero-order valence-electron chi connectivity index (χ0n) is 15.0. The summed E-state index contributed by atoms with van der Waals surface area (Å²) < 4.78 is 6.82. The first-order chi connectivity index (χ1) is 13.2. The Morgan fingerprint density at radius 3 is 3.04 bits per heavy atom. The van der Waals surface area contributed by atoms with Crippen LogP contribution >= 0.6 is 11.3 Å². The van der Waals surface area contributed by atoms with E-state index in [0.717, 1.165) is 23.4 Å². The van der Waals surface area contributed by atoms with Gasteiger partial charge in [0, 0.05) is 19.3 Å². The molecule has 1 aliphatic rings. The highest BCUT2D eigenvalue weighted by atomic mass is 32.1. The van der Waals surface area contributed by atoms with Gasteiger partial charge in [-0.1, -0.05) is 6.07 Å². The number of ether oxygens (including phenoxy) is 1. The number of nitrogens with zero attached hydrogens (tertiary/aromatic N) is 4. The van der Waals surface area contributed by atoms with Crippen LogP contribution in [0.25, 0.3) is 16.2 Å². The minimum absolute atomic E-state index is 0.144. The van der Waals surface area contributed by atoms with Crippen LogP contribution in [0.15, 0.2) is 36.0 Å². The molecule has 7 nitrogen and oxygen atoms in total. The third-order valence-corrected chi connectivity index (χ3v) is 5.63. The van der Waals surface area contributed by atoms with Crippen molar-refractivity contribution in [1.29, 1.82) is 0 Å². The Balaban J connectivity index is 1.62. The molecule has 0 saturated carbocycles. The summed E-state index contributed by atoms with van der Waals surface area (Å²) in [5.41, 5.74) is 1.89. The summed E-state index contributed by atoms with van der Waals surface area (Å²) in [5, 5.41) is 6.40. The number of carbonyl (C=O) groups excluding carboxylic acids is 2. The van der Waals surface area contributed by atoms with Crippen LogP contribution in [0.5, 0.6) is 0 Å². The van der Waals surface area contributed by atoms with Gasteiger partial charge in [0.15, 0.2) is 5.65 Å². The summed E-state index contributed by atoms with van der Waals surface area (Å²) in [6.45, 7) is 3.14. The topological polar surface area (TPSA) is 76.8 Å². The Hall–Kier alpha value is -2.74. The number of rotatable bonds is 4. The molecule has 1 atom stereocenters. The van der Waals surface area contributed by atoms with Gasteiger partial charge in [0.2, 0.25) is 0 Å². The molecule has 0 spiro atoms. The molecule has 3 aromatic rings. The van der Waals surface area contributed by atoms with Crippen LogP contribution in [0.2, 0.25) is 0 Å². The van der Waals surface area contributed by atoms with Crippen molar-refractivity contribution in [3.8, 4) is 10.6 Å². The van der Waals surface area contributed by atoms with Gasteiger partial charge >= 0.3 is 5.97 Å². The molecule has 1 fully saturated rings. The van der Waals surface area contributed by atoms with Crippen LogP contribution in [-0.4, -0.2) is 51.1 Å². The highest BCUT2D eigenvalue weighted by molar-refractivity contribution is 7.13. The molecule has 140 valence electrons. The minimum Gasteiger partial charge on any atom is -0.466 e. The average molecular weight is 384 g/mol. The molecule has 4 heterocycles. The van der Waals surface area contributed by atoms with E-state index in [0.29, 0.717) is 30.9 Å². The predicted molar refractivity (Wildman–Crippen MR) is 102 cm³/mol. The van der Waals surface area contributed by atoms with Crippen molar-refractivity contribution in [3.63, 3.8) is 0 Å². The molecule has 3 aromatic heterocycles. The van der Waals surface area contributed by atoms with E-state index < -0.39 is 0 Å². The number of hydrogen-bond donors (Lipinski definition) is 0. The van der Waals surface area contributed by atoms with Crippen LogP contribution in [0.1, 0.15) is 30.1 Å². The molecule has 1 amide bonds. The van der Waals surface area contributed by atoms with Crippen molar-refractivity contribution in [1.82, 2.24) is 19.5 Å². The van der Waals surface area contributed by atoms with Crippen LogP contribution in [0, 0.1) is 5.92 Å². The second-order valence-corrected chi connectivity index (χ2v) is 7.39. The number of esters is 1. The lowest BCUT2D eigenvalue weighted by Crippen LogP contribution is -2.42. The number of thiophene rings is 1. The second kappa shape index (κ2) is 7.48. The quantitative estimate of drug-likeness (QED) is 0.647. The molecule has 8 heteroatoms. The maximum absolute atomic E-state index is 13.1. The standard InChI is InChI=1S/C19H20N4O3S/c1-2-26-19(25)13-5-3-9-22(12-13)18(24)14-11-21-23-15(7-8-20-17(14)23)16-6-4-10-27-16/h4,6-8,10-11,13H,2-3,5,9,12H2,1H3. The summed E-state index contributed by atoms with van der Waals surface area (Å²) >= 11 is 1.61. The summed E-state index contributed by atoms with van der Waals surface area (Å²) in [7, 11) is 0. The first-order valence-electron chi connectivity index (χ1n) is 9.01. The molecular formula is C19H20N4O3S. The molecule has 0 radical (unpaired) electrons. The number of piperidine rings is 1. The molecular weight excluding hydrogens is 364 g/mol. The Bertz CT molecular complexity index is 967. The van der Waals surface area contributed by atoms with E-state index in [1.165, 1.54) is 0 Å². The Morgan fingerprint density at radius 1 is 1.37 bits per heavy atom. The summed E-state index contributed by atoms with van der Waals surface area (Å²) in [6, 6.07) is 5.88. The average Bonchev–Trinajstić information content (AvgIpc) is 3.37. The highest BCUT2D eigenvalue weighted by Crippen LogP contribution is 2.26. The number of likely N-dealkylation sites (tertiary alicyclic amines) is 1. The van der Waals surface area contributed by atoms with Crippen molar-refractivity contribution in [2.45, 2.75) is 19.8 Å². The van der Waals surface area contributed by atoms with Crippen LogP contribution in [0.4, 0.5) is 0 Å². The van der Waals surface area contributed by atoms with Crippen LogP contribution < -0.4 is 0 Å². The first kappa shape index (κ1) is 17.7. The van der Waals surface area contributed by atoms with Gasteiger partial charge in [-0.25, -0.2) is 9.50 Å². The Kier molecular flexibility index (Phi) is 4.89. The molecule has 0 aromatic carbocycles. The van der Waals surface area contributed by atoms with E-state index >= 15 is 0 Å². The molecule has 4 rings (SSSR count). The van der Waals surface area contributed by atoms with E-state index in [9.17, 15) is 9.59 Å². The number of aromatic nitrogens is 3. The van der Waals surface area contributed by atoms with Crippen molar-refractivity contribution in [2.75, 3.05) is 19.7 Å². The smallest absolute Gasteiger partial charge is 0.310 e. The third-order valence-electron chi connectivity index (χ3n) is 4.73. The molecule has 0 N–H and O–H groups in total. The van der Waals surface area contributed by atoms with Crippen molar-refractivity contribution < 1.29 is 14.3 Å². The van der Waals surface area contributed by atoms with E-state index in [1.54, 1.807) is 40.1 Å². The fourth-order valence-corrected chi connectivity index (χ4v) is 4.17. The number of hydrogen-bond acceptors (Lipinski definition) is 6. The molecule has 27 heavy (non-hydrogen) atoms. The van der Waals surface area contributed by atoms with Gasteiger partial charge in [0.25, 0.3) is 5.91 Å². The number of fused-ring (bicyclic) bond motifs is 1. The van der Waals surface area contributed by atoms with Crippen LogP contribution in [-0.2, 0) is 9.53 Å². The van der Waals surface area contributed by atoms with E-state index in [2.05, 4.69) is 10.1 Å². The fraction of sp³-hybridized carbons (Fsp3) is 0.368. The number of amides is 1. The van der Waals surface area contributed by atoms with Gasteiger partial charge < -0.3 is 9.64 Å². The molecule has 1 unspecified atom stereocenters. The Labute approximate surface area is 160 Å². The lowest BCUT2D eigenvalue weighted by Gasteiger charge is -2.31. The number of carbonyl (C=O) groups is 2. The maximum Gasteiger partial charge on any atom is 0.310 e. The zero-order chi connectivity index (χ0) is 18.8. The van der Waals surface area contributed by atoms with Gasteiger partial charge in [0.1, 0.15) is 5.56 Å². The van der Waals surface area contributed by atoms with Crippen molar-refractivity contribution in [3.05, 3.63) is 41.5 Å². The largest absolute Gasteiger partial charge is 0.466 e. The molecule has 0 bridgehead atoms. The normalized spacial score (nSPS) is 17.2. The monoisotopic (exact) mass is 384 g/mol. The summed E-state index contributed by atoms with van der Waals surface area (Å²) in [6.07, 6.45) is 4.79. The van der Waals surface area contributed by atoms with E-state index in [1.807, 2.05) is 23.6 Å². The molecule has 1 aliphatic heterocycles. The van der Waals surface area contributed by atoms with Gasteiger partial charge in [-0.15, -0.1) is 11.3 Å². The Morgan fingerprint density at radius 2 is 2.26 bits per heavy atom. The summed E-state index contributed by atoms with van der Waals surface area (Å²) in [5.74, 6) is -0.637. The van der Waals surface area contributed by atoms with Gasteiger partial charge in [0.05, 0.1) is 29.3 Å². The molecule has 1 saturated heterocycles. The third kappa shape index (κ3) is 3.32. The van der Waals surface area contributed by atoms with Gasteiger partial charge in [-0.05, 0) is 37.3 Å². The van der Waals surface area contributed by atoms with E-state index in [-0.39, 0.29) is 17.8 Å². The predicted octanol–water partition coefficient (Wildman–Crippen LogP) is 2.87. The lowest BCUT2D eigenvalue weighted by atomic mass is 9.97. The van der Waals surface area contributed by atoms with Crippen molar-refractivity contribution in [2.24, 2.45) is 5.92 Å². The summed E-state index contributed by atoms with van der Waals surface area (Å²) in [4.78, 5) is 32.3. The molecule has 0 aliphatic carbocycles. The first-order valence-corrected chi connectivity index (χ1v) is 9.89. The van der Waals surface area contributed by atoms with Gasteiger partial charge in [-0.3, -0.25) is 9.59 Å². The highest BCUT2D eigenvalue weighted by Gasteiger charge is 2.31. The lowest BCUT2D eigenvalue weighted by molar-refractivity contribution is -0.149.